The molecule has 2 aromatic carbocycles. The lowest BCUT2D eigenvalue weighted by atomic mass is 10.2. The van der Waals surface area contributed by atoms with Gasteiger partial charge >= 0.3 is 11.8 Å². The number of hydrogen-bond acceptors (Lipinski definition) is 2. The number of amides is 2. The normalized spacial score (nSPS) is 9.90. The average molecular weight is 272 g/mol. The first kappa shape index (κ1) is 13.7. The maximum absolute atomic E-state index is 13.3. The molecule has 5 heteroatoms. The number of carbonyl (C=O) groups excluding carboxylic acids is 2. The molecule has 20 heavy (non-hydrogen) atoms. The number of benzene rings is 2. The number of carbonyl (C=O) groups is 2. The summed E-state index contributed by atoms with van der Waals surface area (Å²) < 4.78 is 13.3. The van der Waals surface area contributed by atoms with Gasteiger partial charge in [0.15, 0.2) is 0 Å². The van der Waals surface area contributed by atoms with Gasteiger partial charge < -0.3 is 10.6 Å². The Bertz CT molecular complexity index is 639. The smallest absolute Gasteiger partial charge is 0.314 e. The first-order chi connectivity index (χ1) is 9.56. The van der Waals surface area contributed by atoms with Crippen molar-refractivity contribution in [2.75, 3.05) is 10.6 Å². The molecule has 0 bridgehead atoms. The molecule has 0 saturated carbocycles. The van der Waals surface area contributed by atoms with E-state index in [0.717, 1.165) is 5.56 Å². The molecule has 0 aliphatic heterocycles. The Balaban J connectivity index is 2.01. The fraction of sp³-hybridized carbons (Fsp3) is 0.0667. The van der Waals surface area contributed by atoms with Crippen molar-refractivity contribution in [2.24, 2.45) is 0 Å². The minimum Gasteiger partial charge on any atom is -0.318 e. The average Bonchev–Trinajstić information content (AvgIpc) is 2.44. The van der Waals surface area contributed by atoms with Gasteiger partial charge in [-0.25, -0.2) is 4.39 Å². The minimum atomic E-state index is -0.921. The number of para-hydroxylation sites is 1. The van der Waals surface area contributed by atoms with Crippen LogP contribution < -0.4 is 10.6 Å². The maximum Gasteiger partial charge on any atom is 0.314 e. The van der Waals surface area contributed by atoms with Gasteiger partial charge in [-0.1, -0.05) is 29.8 Å². The van der Waals surface area contributed by atoms with Crippen LogP contribution in [0.4, 0.5) is 15.8 Å². The molecule has 0 saturated heterocycles. The first-order valence-electron chi connectivity index (χ1n) is 6.00. The van der Waals surface area contributed by atoms with E-state index < -0.39 is 17.6 Å². The van der Waals surface area contributed by atoms with E-state index >= 15 is 0 Å². The molecule has 2 amide bonds. The van der Waals surface area contributed by atoms with E-state index in [1.807, 2.05) is 19.1 Å². The van der Waals surface area contributed by atoms with Gasteiger partial charge in [0.2, 0.25) is 0 Å². The van der Waals surface area contributed by atoms with Crippen molar-refractivity contribution in [1.82, 2.24) is 0 Å². The molecule has 4 nitrogen and oxygen atoms in total. The second kappa shape index (κ2) is 5.97. The summed E-state index contributed by atoms with van der Waals surface area (Å²) in [4.78, 5) is 23.3. The SMILES string of the molecule is Cc1ccc(NC(=O)C(=O)Nc2ccccc2F)cc1. The molecule has 2 N–H and O–H groups in total. The summed E-state index contributed by atoms with van der Waals surface area (Å²) in [7, 11) is 0. The largest absolute Gasteiger partial charge is 0.318 e. The van der Waals surface area contributed by atoms with Crippen LogP contribution in [0.3, 0.4) is 0 Å². The number of rotatable bonds is 2. The standard InChI is InChI=1S/C15H13FN2O2/c1-10-6-8-11(9-7-10)17-14(19)15(20)18-13-5-3-2-4-12(13)16/h2-9H,1H3,(H,17,19)(H,18,20). The van der Waals surface area contributed by atoms with Crippen molar-refractivity contribution in [2.45, 2.75) is 6.92 Å². The number of hydrogen-bond donors (Lipinski definition) is 2. The van der Waals surface area contributed by atoms with E-state index in [2.05, 4.69) is 10.6 Å². The van der Waals surface area contributed by atoms with E-state index in [1.54, 1.807) is 18.2 Å². The highest BCUT2D eigenvalue weighted by Crippen LogP contribution is 2.13. The predicted molar refractivity (Wildman–Crippen MR) is 74.8 cm³/mol. The number of anilines is 2. The molecule has 0 fully saturated rings. The van der Waals surface area contributed by atoms with E-state index in [0.29, 0.717) is 5.69 Å². The fourth-order valence-electron chi connectivity index (χ4n) is 1.57. The lowest BCUT2D eigenvalue weighted by Gasteiger charge is -2.07. The van der Waals surface area contributed by atoms with Gasteiger partial charge in [0.1, 0.15) is 5.82 Å². The van der Waals surface area contributed by atoms with Gasteiger partial charge in [0, 0.05) is 5.69 Å². The molecule has 0 aliphatic rings. The van der Waals surface area contributed by atoms with E-state index in [4.69, 9.17) is 0 Å². The van der Waals surface area contributed by atoms with Crippen LogP contribution in [-0.4, -0.2) is 11.8 Å². The molecule has 2 aromatic rings. The van der Waals surface area contributed by atoms with Crippen LogP contribution in [0.2, 0.25) is 0 Å². The molecule has 0 aromatic heterocycles. The third-order valence-corrected chi connectivity index (χ3v) is 2.64. The third kappa shape index (κ3) is 3.41. The third-order valence-electron chi connectivity index (χ3n) is 2.64. The van der Waals surface area contributed by atoms with Crippen molar-refractivity contribution in [3.63, 3.8) is 0 Å². The van der Waals surface area contributed by atoms with Crippen LogP contribution in [0.15, 0.2) is 48.5 Å². The van der Waals surface area contributed by atoms with Crippen molar-refractivity contribution < 1.29 is 14.0 Å². The highest BCUT2D eigenvalue weighted by molar-refractivity contribution is 6.43. The molecule has 0 atom stereocenters. The van der Waals surface area contributed by atoms with Crippen LogP contribution in [-0.2, 0) is 9.59 Å². The van der Waals surface area contributed by atoms with Crippen LogP contribution in [0.1, 0.15) is 5.56 Å². The second-order valence-electron chi connectivity index (χ2n) is 4.25. The van der Waals surface area contributed by atoms with Crippen LogP contribution in [0, 0.1) is 12.7 Å². The van der Waals surface area contributed by atoms with Crippen LogP contribution in [0.25, 0.3) is 0 Å². The zero-order valence-electron chi connectivity index (χ0n) is 10.8. The molecule has 0 aliphatic carbocycles. The van der Waals surface area contributed by atoms with E-state index in [9.17, 15) is 14.0 Å². The summed E-state index contributed by atoms with van der Waals surface area (Å²) in [5, 5.41) is 4.65. The Morgan fingerprint density at radius 3 is 2.15 bits per heavy atom. The number of nitrogens with one attached hydrogen (secondary N) is 2. The zero-order valence-corrected chi connectivity index (χ0v) is 10.8. The Morgan fingerprint density at radius 1 is 0.900 bits per heavy atom. The summed E-state index contributed by atoms with van der Waals surface area (Å²) in [5.74, 6) is -2.36. The highest BCUT2D eigenvalue weighted by atomic mass is 19.1. The molecule has 0 radical (unpaired) electrons. The summed E-state index contributed by atoms with van der Waals surface area (Å²) >= 11 is 0. The van der Waals surface area contributed by atoms with E-state index in [-0.39, 0.29) is 5.69 Å². The Labute approximate surface area is 115 Å². The fourth-order valence-corrected chi connectivity index (χ4v) is 1.57. The van der Waals surface area contributed by atoms with Crippen LogP contribution in [0.5, 0.6) is 0 Å². The molecule has 0 heterocycles. The topological polar surface area (TPSA) is 58.2 Å². The molecular formula is C15H13FN2O2. The van der Waals surface area contributed by atoms with Crippen LogP contribution >= 0.6 is 0 Å². The Hall–Kier alpha value is -2.69. The molecule has 0 unspecified atom stereocenters. The van der Waals surface area contributed by atoms with Gasteiger partial charge in [-0.2, -0.15) is 0 Å². The molecule has 102 valence electrons. The molecule has 2 rings (SSSR count). The predicted octanol–water partition coefficient (Wildman–Crippen LogP) is 2.71. The van der Waals surface area contributed by atoms with Crippen molar-refractivity contribution >= 4 is 23.2 Å². The lowest BCUT2D eigenvalue weighted by molar-refractivity contribution is -0.133. The first-order valence-corrected chi connectivity index (χ1v) is 6.00. The van der Waals surface area contributed by atoms with Crippen molar-refractivity contribution in [1.29, 1.82) is 0 Å². The molecule has 0 spiro atoms. The lowest BCUT2D eigenvalue weighted by Crippen LogP contribution is -2.29. The Kier molecular flexibility index (Phi) is 4.10. The number of aryl methyl sites for hydroxylation is 1. The highest BCUT2D eigenvalue weighted by Gasteiger charge is 2.15. The van der Waals surface area contributed by atoms with Gasteiger partial charge in [-0.15, -0.1) is 0 Å². The minimum absolute atomic E-state index is 0.0310. The zero-order chi connectivity index (χ0) is 14.5. The quantitative estimate of drug-likeness (QED) is 0.826. The van der Waals surface area contributed by atoms with Crippen molar-refractivity contribution in [3.8, 4) is 0 Å². The van der Waals surface area contributed by atoms with Gasteiger partial charge in [-0.3, -0.25) is 9.59 Å². The molecular weight excluding hydrogens is 259 g/mol. The van der Waals surface area contributed by atoms with Gasteiger partial charge in [0.05, 0.1) is 5.69 Å². The second-order valence-corrected chi connectivity index (χ2v) is 4.25. The number of halogens is 1. The summed E-state index contributed by atoms with van der Waals surface area (Å²) in [5.41, 5.74) is 1.51. The van der Waals surface area contributed by atoms with Gasteiger partial charge in [0.25, 0.3) is 0 Å². The summed E-state index contributed by atoms with van der Waals surface area (Å²) in [6, 6.07) is 12.6. The van der Waals surface area contributed by atoms with Crippen molar-refractivity contribution in [3.05, 3.63) is 59.9 Å². The van der Waals surface area contributed by atoms with Gasteiger partial charge in [-0.05, 0) is 31.2 Å². The summed E-state index contributed by atoms with van der Waals surface area (Å²) in [6.07, 6.45) is 0. The summed E-state index contributed by atoms with van der Waals surface area (Å²) in [6.45, 7) is 1.91. The maximum atomic E-state index is 13.3. The monoisotopic (exact) mass is 272 g/mol. The Morgan fingerprint density at radius 2 is 1.50 bits per heavy atom. The van der Waals surface area contributed by atoms with E-state index in [1.165, 1.54) is 18.2 Å².